The zero-order chi connectivity index (χ0) is 20.1. The van der Waals surface area contributed by atoms with E-state index in [2.05, 4.69) is 5.10 Å². The number of benzene rings is 2. The number of esters is 1. The first-order chi connectivity index (χ1) is 13.5. The Hall–Kier alpha value is -3.19. The van der Waals surface area contributed by atoms with Crippen LogP contribution in [0.5, 0.6) is 5.75 Å². The van der Waals surface area contributed by atoms with Gasteiger partial charge in [-0.3, -0.25) is 4.79 Å². The molecule has 6 nitrogen and oxygen atoms in total. The molecule has 0 radical (unpaired) electrons. The van der Waals surface area contributed by atoms with E-state index >= 15 is 0 Å². The molecule has 1 aromatic heterocycles. The molecule has 0 aliphatic carbocycles. The second-order valence-electron chi connectivity index (χ2n) is 5.80. The van der Waals surface area contributed by atoms with E-state index < -0.39 is 17.2 Å². The van der Waals surface area contributed by atoms with Crippen LogP contribution < -0.4 is 10.2 Å². The van der Waals surface area contributed by atoms with Gasteiger partial charge in [-0.15, -0.1) is 0 Å². The maximum atomic E-state index is 13.5. The van der Waals surface area contributed by atoms with E-state index in [0.717, 1.165) is 0 Å². The lowest BCUT2D eigenvalue weighted by atomic mass is 10.3. The van der Waals surface area contributed by atoms with Gasteiger partial charge in [0.15, 0.2) is 11.6 Å². The molecular formula is C20H16ClFN2O4. The average molecular weight is 403 g/mol. The van der Waals surface area contributed by atoms with Crippen LogP contribution in [0, 0.1) is 12.7 Å². The van der Waals surface area contributed by atoms with E-state index in [4.69, 9.17) is 21.1 Å². The number of para-hydroxylation sites is 1. The molecule has 0 unspecified atom stereocenters. The van der Waals surface area contributed by atoms with Crippen molar-refractivity contribution >= 4 is 17.6 Å². The summed E-state index contributed by atoms with van der Waals surface area (Å²) < 4.78 is 25.2. The molecular weight excluding hydrogens is 387 g/mol. The van der Waals surface area contributed by atoms with Gasteiger partial charge >= 0.3 is 5.97 Å². The highest BCUT2D eigenvalue weighted by Gasteiger charge is 2.17. The van der Waals surface area contributed by atoms with Gasteiger partial charge in [-0.1, -0.05) is 23.7 Å². The number of aryl methyl sites for hydroxylation is 1. The zero-order valence-electron chi connectivity index (χ0n) is 14.9. The van der Waals surface area contributed by atoms with Crippen molar-refractivity contribution in [1.29, 1.82) is 0 Å². The number of ether oxygens (including phenoxy) is 2. The summed E-state index contributed by atoms with van der Waals surface area (Å²) in [6.07, 6.45) is 0. The van der Waals surface area contributed by atoms with Crippen LogP contribution >= 0.6 is 11.6 Å². The van der Waals surface area contributed by atoms with Crippen molar-refractivity contribution in [2.24, 2.45) is 0 Å². The number of nitrogens with zero attached hydrogens (tertiary/aromatic N) is 2. The van der Waals surface area contributed by atoms with Crippen LogP contribution in [-0.2, 0) is 4.74 Å². The SMILES string of the molecule is Cc1cc(=O)c(C(=O)OCCOc2ccccc2F)nn1-c1ccc(Cl)cc1. The van der Waals surface area contributed by atoms with Crippen LogP contribution in [0.3, 0.4) is 0 Å². The summed E-state index contributed by atoms with van der Waals surface area (Å²) >= 11 is 5.88. The Bertz CT molecular complexity index is 1050. The predicted octanol–water partition coefficient (Wildman–Crippen LogP) is 3.57. The summed E-state index contributed by atoms with van der Waals surface area (Å²) in [5.41, 5.74) is 0.278. The zero-order valence-corrected chi connectivity index (χ0v) is 15.6. The third-order valence-corrected chi connectivity index (χ3v) is 4.03. The van der Waals surface area contributed by atoms with E-state index in [1.54, 1.807) is 37.3 Å². The Morgan fingerprint density at radius 3 is 2.57 bits per heavy atom. The summed E-state index contributed by atoms with van der Waals surface area (Å²) in [7, 11) is 0. The number of carbonyl (C=O) groups excluding carboxylic acids is 1. The molecule has 0 aliphatic rings. The Morgan fingerprint density at radius 2 is 1.86 bits per heavy atom. The number of carbonyl (C=O) groups is 1. The summed E-state index contributed by atoms with van der Waals surface area (Å²) in [6.45, 7) is 1.47. The van der Waals surface area contributed by atoms with E-state index in [1.165, 1.54) is 28.9 Å². The van der Waals surface area contributed by atoms with Crippen LogP contribution in [0.25, 0.3) is 5.69 Å². The highest BCUT2D eigenvalue weighted by molar-refractivity contribution is 6.30. The van der Waals surface area contributed by atoms with Crippen molar-refractivity contribution in [2.45, 2.75) is 6.92 Å². The first kappa shape index (κ1) is 19.6. The second-order valence-corrected chi connectivity index (χ2v) is 6.24. The third kappa shape index (κ3) is 4.55. The maximum absolute atomic E-state index is 13.5. The predicted molar refractivity (Wildman–Crippen MR) is 102 cm³/mol. The molecule has 3 rings (SSSR count). The molecule has 0 spiro atoms. The Morgan fingerprint density at radius 1 is 1.14 bits per heavy atom. The molecule has 0 aliphatic heterocycles. The summed E-state index contributed by atoms with van der Waals surface area (Å²) in [6, 6.07) is 14.0. The molecule has 3 aromatic rings. The van der Waals surface area contributed by atoms with E-state index in [1.807, 2.05) is 0 Å². The van der Waals surface area contributed by atoms with Gasteiger partial charge in [0.1, 0.15) is 13.2 Å². The number of rotatable bonds is 6. The quantitative estimate of drug-likeness (QED) is 0.465. The summed E-state index contributed by atoms with van der Waals surface area (Å²) in [4.78, 5) is 24.4. The first-order valence-electron chi connectivity index (χ1n) is 8.37. The minimum atomic E-state index is -0.884. The lowest BCUT2D eigenvalue weighted by molar-refractivity contribution is 0.0438. The van der Waals surface area contributed by atoms with E-state index in [9.17, 15) is 14.0 Å². The topological polar surface area (TPSA) is 70.4 Å². The van der Waals surface area contributed by atoms with Crippen molar-refractivity contribution in [3.63, 3.8) is 0 Å². The highest BCUT2D eigenvalue weighted by Crippen LogP contribution is 2.15. The van der Waals surface area contributed by atoms with Gasteiger partial charge in [0, 0.05) is 16.8 Å². The molecule has 2 aromatic carbocycles. The molecule has 0 saturated carbocycles. The number of hydrogen-bond acceptors (Lipinski definition) is 5. The molecule has 0 atom stereocenters. The minimum absolute atomic E-state index is 0.0529. The molecule has 0 N–H and O–H groups in total. The normalized spacial score (nSPS) is 10.5. The van der Waals surface area contributed by atoms with Crippen LogP contribution in [0.2, 0.25) is 5.02 Å². The van der Waals surface area contributed by atoms with Gasteiger partial charge in [-0.2, -0.15) is 5.10 Å². The van der Waals surface area contributed by atoms with Gasteiger partial charge < -0.3 is 9.47 Å². The molecule has 144 valence electrons. The largest absolute Gasteiger partial charge is 0.487 e. The molecule has 0 saturated heterocycles. The molecule has 8 heteroatoms. The monoisotopic (exact) mass is 402 g/mol. The van der Waals surface area contributed by atoms with Crippen molar-refractivity contribution in [3.05, 3.63) is 87.0 Å². The van der Waals surface area contributed by atoms with E-state index in [-0.39, 0.29) is 24.7 Å². The molecule has 0 bridgehead atoms. The summed E-state index contributed by atoms with van der Waals surface area (Å²) in [5, 5.41) is 4.66. The molecule has 1 heterocycles. The average Bonchev–Trinajstić information content (AvgIpc) is 2.67. The van der Waals surface area contributed by atoms with Crippen molar-refractivity contribution in [3.8, 4) is 11.4 Å². The van der Waals surface area contributed by atoms with Crippen molar-refractivity contribution in [2.75, 3.05) is 13.2 Å². The first-order valence-corrected chi connectivity index (χ1v) is 8.75. The number of aromatic nitrogens is 2. The van der Waals surface area contributed by atoms with Crippen LogP contribution in [0.1, 0.15) is 16.2 Å². The van der Waals surface area contributed by atoms with Crippen molar-refractivity contribution in [1.82, 2.24) is 9.78 Å². The summed E-state index contributed by atoms with van der Waals surface area (Å²) in [5.74, 6) is -1.35. The van der Waals surface area contributed by atoms with Gasteiger partial charge in [0.25, 0.3) is 0 Å². The second kappa shape index (κ2) is 8.67. The van der Waals surface area contributed by atoms with Crippen LogP contribution in [-0.4, -0.2) is 29.0 Å². The fraction of sp³-hybridized carbons (Fsp3) is 0.150. The lowest BCUT2D eigenvalue weighted by Crippen LogP contribution is -2.25. The minimum Gasteiger partial charge on any atom is -0.487 e. The third-order valence-electron chi connectivity index (χ3n) is 3.78. The molecule has 0 amide bonds. The van der Waals surface area contributed by atoms with Crippen LogP contribution in [0.15, 0.2) is 59.4 Å². The lowest BCUT2D eigenvalue weighted by Gasteiger charge is -2.11. The van der Waals surface area contributed by atoms with Crippen molar-refractivity contribution < 1.29 is 18.7 Å². The maximum Gasteiger partial charge on any atom is 0.363 e. The Kier molecular flexibility index (Phi) is 6.06. The van der Waals surface area contributed by atoms with Crippen LogP contribution in [0.4, 0.5) is 4.39 Å². The molecule has 28 heavy (non-hydrogen) atoms. The Labute approximate surface area is 165 Å². The standard InChI is InChI=1S/C20H16ClFN2O4/c1-13-12-17(25)19(23-24(13)15-8-6-14(21)7-9-15)20(26)28-11-10-27-18-5-3-2-4-16(18)22/h2-9,12H,10-11H2,1H3. The van der Waals surface area contributed by atoms with Gasteiger partial charge in [-0.25, -0.2) is 13.9 Å². The van der Waals surface area contributed by atoms with E-state index in [0.29, 0.717) is 16.4 Å². The molecule has 0 fully saturated rings. The Balaban J connectivity index is 1.69. The number of halogens is 2. The van der Waals surface area contributed by atoms with Gasteiger partial charge in [0.2, 0.25) is 11.1 Å². The van der Waals surface area contributed by atoms with Gasteiger partial charge in [0.05, 0.1) is 5.69 Å². The smallest absolute Gasteiger partial charge is 0.363 e. The van der Waals surface area contributed by atoms with Gasteiger partial charge in [-0.05, 0) is 43.3 Å². The fourth-order valence-electron chi connectivity index (χ4n) is 2.45. The highest BCUT2D eigenvalue weighted by atomic mass is 35.5. The number of hydrogen-bond donors (Lipinski definition) is 0. The fourth-order valence-corrected chi connectivity index (χ4v) is 2.57.